The number of carbonyl (C=O) groups excluding carboxylic acids is 1. The lowest BCUT2D eigenvalue weighted by atomic mass is 9.92. The number of amides is 1. The van der Waals surface area contributed by atoms with Crippen LogP contribution >= 0.6 is 24.8 Å². The average molecular weight is 399 g/mol. The number of hydrogen-bond donors (Lipinski definition) is 1. The topological polar surface area (TPSA) is 64.2 Å². The molecule has 7 heteroatoms. The number of carbonyl (C=O) groups is 1. The summed E-state index contributed by atoms with van der Waals surface area (Å²) < 4.78 is 2.04. The number of hydrogen-bond acceptors (Lipinski definition) is 3. The number of nitrogens with zero attached hydrogens (tertiary/aromatic N) is 3. The molecule has 2 aromatic rings. The first-order valence-corrected chi connectivity index (χ1v) is 8.64. The van der Waals surface area contributed by atoms with E-state index in [-0.39, 0.29) is 36.8 Å². The van der Waals surface area contributed by atoms with E-state index in [1.54, 1.807) is 6.20 Å². The van der Waals surface area contributed by atoms with Gasteiger partial charge in [-0.15, -0.1) is 24.8 Å². The molecule has 5 nitrogen and oxygen atoms in total. The highest BCUT2D eigenvalue weighted by Crippen LogP contribution is 2.24. The van der Waals surface area contributed by atoms with E-state index in [1.165, 1.54) is 0 Å². The van der Waals surface area contributed by atoms with Gasteiger partial charge >= 0.3 is 0 Å². The molecule has 0 bridgehead atoms. The summed E-state index contributed by atoms with van der Waals surface area (Å²) in [6.07, 6.45) is 3.90. The third-order valence-electron chi connectivity index (χ3n) is 5.03. The van der Waals surface area contributed by atoms with Crippen molar-refractivity contribution in [1.29, 1.82) is 0 Å². The van der Waals surface area contributed by atoms with Crippen LogP contribution in [0.5, 0.6) is 0 Å². The summed E-state index contributed by atoms with van der Waals surface area (Å²) in [5, 5.41) is 0. The van der Waals surface area contributed by atoms with E-state index in [2.05, 4.69) is 4.98 Å². The monoisotopic (exact) mass is 398 g/mol. The number of halogens is 2. The largest absolute Gasteiger partial charge is 0.338 e. The van der Waals surface area contributed by atoms with E-state index in [1.807, 2.05) is 54.5 Å². The SMILES string of the molecule is Cc1cc(C(=O)N2CCCC(C(C)N)C2)c(C)n1-c1ccccn1.Cl.Cl. The van der Waals surface area contributed by atoms with E-state index >= 15 is 0 Å². The molecule has 2 unspecified atom stereocenters. The van der Waals surface area contributed by atoms with Crippen LogP contribution in [0.4, 0.5) is 0 Å². The van der Waals surface area contributed by atoms with Gasteiger partial charge in [0.05, 0.1) is 5.56 Å². The zero-order valence-electron chi connectivity index (χ0n) is 15.5. The Bertz CT molecular complexity index is 731. The Balaban J connectivity index is 0.00000169. The maximum absolute atomic E-state index is 13.0. The Morgan fingerprint density at radius 1 is 1.31 bits per heavy atom. The summed E-state index contributed by atoms with van der Waals surface area (Å²) in [5.74, 6) is 1.34. The molecule has 2 N–H and O–H groups in total. The van der Waals surface area contributed by atoms with Crippen molar-refractivity contribution in [3.8, 4) is 5.82 Å². The van der Waals surface area contributed by atoms with Gasteiger partial charge in [-0.1, -0.05) is 6.07 Å². The van der Waals surface area contributed by atoms with Crippen LogP contribution in [-0.2, 0) is 0 Å². The number of rotatable bonds is 3. The molecule has 1 aliphatic heterocycles. The third kappa shape index (κ3) is 4.40. The van der Waals surface area contributed by atoms with Crippen molar-refractivity contribution in [2.75, 3.05) is 13.1 Å². The lowest BCUT2D eigenvalue weighted by Crippen LogP contribution is -2.45. The summed E-state index contributed by atoms with van der Waals surface area (Å²) in [4.78, 5) is 19.4. The van der Waals surface area contributed by atoms with Crippen molar-refractivity contribution in [1.82, 2.24) is 14.5 Å². The van der Waals surface area contributed by atoms with E-state index in [0.29, 0.717) is 5.92 Å². The van der Waals surface area contributed by atoms with Gasteiger partial charge < -0.3 is 15.2 Å². The zero-order chi connectivity index (χ0) is 17.3. The van der Waals surface area contributed by atoms with Gasteiger partial charge in [-0.3, -0.25) is 4.79 Å². The smallest absolute Gasteiger partial charge is 0.255 e. The quantitative estimate of drug-likeness (QED) is 0.859. The molecule has 2 aromatic heterocycles. The number of pyridine rings is 1. The molecule has 0 saturated carbocycles. The summed E-state index contributed by atoms with van der Waals surface area (Å²) >= 11 is 0. The highest BCUT2D eigenvalue weighted by Gasteiger charge is 2.28. The molecule has 1 amide bonds. The van der Waals surface area contributed by atoms with Crippen molar-refractivity contribution in [3.05, 3.63) is 47.4 Å². The fourth-order valence-electron chi connectivity index (χ4n) is 3.61. The fourth-order valence-corrected chi connectivity index (χ4v) is 3.61. The molecule has 1 saturated heterocycles. The third-order valence-corrected chi connectivity index (χ3v) is 5.03. The van der Waals surface area contributed by atoms with E-state index in [0.717, 1.165) is 48.7 Å². The molecule has 26 heavy (non-hydrogen) atoms. The molecular weight excluding hydrogens is 371 g/mol. The highest BCUT2D eigenvalue weighted by atomic mass is 35.5. The van der Waals surface area contributed by atoms with Crippen molar-refractivity contribution < 1.29 is 4.79 Å². The summed E-state index contributed by atoms with van der Waals surface area (Å²) in [6.45, 7) is 7.60. The number of likely N-dealkylation sites (tertiary alicyclic amines) is 1. The Kier molecular flexibility index (Phi) is 8.13. The van der Waals surface area contributed by atoms with Gasteiger partial charge in [0, 0.05) is 36.7 Å². The van der Waals surface area contributed by atoms with Gasteiger partial charge in [0.2, 0.25) is 0 Å². The molecule has 1 fully saturated rings. The summed E-state index contributed by atoms with van der Waals surface area (Å²) in [7, 11) is 0. The molecule has 144 valence electrons. The standard InChI is InChI=1S/C19H26N4O.2ClH/c1-13-11-17(15(3)23(13)18-8-4-5-9-21-18)19(24)22-10-6-7-16(12-22)14(2)20;;/h4-5,8-9,11,14,16H,6-7,10,12,20H2,1-3H3;2*1H. The van der Waals surface area contributed by atoms with E-state index in [4.69, 9.17) is 5.73 Å². The minimum atomic E-state index is 0. The lowest BCUT2D eigenvalue weighted by molar-refractivity contribution is 0.0660. The zero-order valence-corrected chi connectivity index (χ0v) is 17.1. The van der Waals surface area contributed by atoms with Crippen LogP contribution in [0.2, 0.25) is 0 Å². The lowest BCUT2D eigenvalue weighted by Gasteiger charge is -2.34. The number of nitrogens with two attached hydrogens (primary N) is 1. The van der Waals surface area contributed by atoms with Crippen LogP contribution in [-0.4, -0.2) is 39.5 Å². The number of piperidine rings is 1. The Morgan fingerprint density at radius 3 is 2.65 bits per heavy atom. The minimum Gasteiger partial charge on any atom is -0.338 e. The second-order valence-electron chi connectivity index (χ2n) is 6.82. The first-order chi connectivity index (χ1) is 11.5. The number of aryl methyl sites for hydroxylation is 1. The Hall–Kier alpha value is -1.56. The Labute approximate surface area is 167 Å². The molecule has 1 aliphatic rings. The molecular formula is C19H28Cl2N4O. The first-order valence-electron chi connectivity index (χ1n) is 8.64. The molecule has 0 spiro atoms. The van der Waals surface area contributed by atoms with Gasteiger partial charge in [-0.25, -0.2) is 4.98 Å². The van der Waals surface area contributed by atoms with Gasteiger partial charge in [0.15, 0.2) is 0 Å². The van der Waals surface area contributed by atoms with Crippen LogP contribution < -0.4 is 5.73 Å². The molecule has 0 radical (unpaired) electrons. The molecule has 0 aliphatic carbocycles. The minimum absolute atomic E-state index is 0. The normalized spacial score (nSPS) is 17.8. The van der Waals surface area contributed by atoms with Gasteiger partial charge in [-0.05, 0) is 57.7 Å². The van der Waals surface area contributed by atoms with Crippen LogP contribution in [0, 0.1) is 19.8 Å². The van der Waals surface area contributed by atoms with E-state index < -0.39 is 0 Å². The van der Waals surface area contributed by atoms with Crippen LogP contribution in [0.15, 0.2) is 30.5 Å². The number of aromatic nitrogens is 2. The van der Waals surface area contributed by atoms with Crippen LogP contribution in [0.25, 0.3) is 5.82 Å². The molecule has 3 heterocycles. The van der Waals surface area contributed by atoms with Crippen molar-refractivity contribution >= 4 is 30.7 Å². The maximum atomic E-state index is 13.0. The summed E-state index contributed by atoms with van der Waals surface area (Å²) in [6, 6.07) is 7.91. The van der Waals surface area contributed by atoms with Gasteiger partial charge in [0.25, 0.3) is 5.91 Å². The maximum Gasteiger partial charge on any atom is 0.255 e. The fraction of sp³-hybridized carbons (Fsp3) is 0.474. The predicted molar refractivity (Wildman–Crippen MR) is 110 cm³/mol. The van der Waals surface area contributed by atoms with Crippen LogP contribution in [0.3, 0.4) is 0 Å². The second-order valence-corrected chi connectivity index (χ2v) is 6.82. The van der Waals surface area contributed by atoms with Gasteiger partial charge in [0.1, 0.15) is 5.82 Å². The van der Waals surface area contributed by atoms with Crippen molar-refractivity contribution in [3.63, 3.8) is 0 Å². The predicted octanol–water partition coefficient (Wildman–Crippen LogP) is 3.53. The van der Waals surface area contributed by atoms with Gasteiger partial charge in [-0.2, -0.15) is 0 Å². The second kappa shape index (κ2) is 9.40. The first kappa shape index (κ1) is 22.5. The van der Waals surface area contributed by atoms with E-state index in [9.17, 15) is 4.79 Å². The molecule has 3 rings (SSSR count). The van der Waals surface area contributed by atoms with Crippen molar-refractivity contribution in [2.45, 2.75) is 39.7 Å². The Morgan fingerprint density at radius 2 is 2.04 bits per heavy atom. The summed E-state index contributed by atoms with van der Waals surface area (Å²) in [5.41, 5.74) is 8.79. The van der Waals surface area contributed by atoms with Crippen molar-refractivity contribution in [2.24, 2.45) is 11.7 Å². The molecule has 0 aromatic carbocycles. The average Bonchev–Trinajstić information content (AvgIpc) is 2.89. The van der Waals surface area contributed by atoms with Crippen LogP contribution in [0.1, 0.15) is 41.5 Å². The molecule has 2 atom stereocenters. The highest BCUT2D eigenvalue weighted by molar-refractivity contribution is 5.96.